The van der Waals surface area contributed by atoms with E-state index >= 15 is 0 Å². The third-order valence-corrected chi connectivity index (χ3v) is 4.45. The van der Waals surface area contributed by atoms with Gasteiger partial charge in [-0.1, -0.05) is 0 Å². The van der Waals surface area contributed by atoms with Crippen molar-refractivity contribution in [2.75, 3.05) is 13.1 Å². The molecule has 2 heterocycles. The van der Waals surface area contributed by atoms with E-state index in [0.29, 0.717) is 25.9 Å². The first-order valence-corrected chi connectivity index (χ1v) is 7.85. The van der Waals surface area contributed by atoms with Gasteiger partial charge in [-0.15, -0.1) is 0 Å². The van der Waals surface area contributed by atoms with Gasteiger partial charge < -0.3 is 20.5 Å². The Kier molecular flexibility index (Phi) is 4.55. The molecule has 0 aliphatic carbocycles. The van der Waals surface area contributed by atoms with E-state index in [-0.39, 0.29) is 6.09 Å². The summed E-state index contributed by atoms with van der Waals surface area (Å²) < 4.78 is 9.36. The Morgan fingerprint density at radius 1 is 1.52 bits per heavy atom. The highest BCUT2D eigenvalue weighted by Crippen LogP contribution is 2.34. The Morgan fingerprint density at radius 2 is 2.14 bits per heavy atom. The quantitative estimate of drug-likeness (QED) is 0.870. The third-order valence-electron chi connectivity index (χ3n) is 3.62. The van der Waals surface area contributed by atoms with Crippen molar-refractivity contribution < 1.29 is 14.6 Å². The number of amides is 1. The Bertz CT molecular complexity index is 476. The lowest BCUT2D eigenvalue weighted by Crippen LogP contribution is -2.52. The molecular formula is C14H23N3O3S. The maximum absolute atomic E-state index is 12.0. The summed E-state index contributed by atoms with van der Waals surface area (Å²) in [7, 11) is 0. The number of ether oxygens (including phenoxy) is 1. The topological polar surface area (TPSA) is 88.7 Å². The molecule has 6 nitrogen and oxygen atoms in total. The van der Waals surface area contributed by atoms with Crippen LogP contribution in [0.5, 0.6) is 0 Å². The van der Waals surface area contributed by atoms with Crippen LogP contribution in [0, 0.1) is 0 Å². The van der Waals surface area contributed by atoms with Crippen LogP contribution in [-0.4, -0.2) is 44.8 Å². The van der Waals surface area contributed by atoms with Gasteiger partial charge in [0.05, 0.1) is 11.6 Å². The number of carbonyl (C=O) groups excluding carboxylic acids is 1. The monoisotopic (exact) mass is 313 g/mol. The van der Waals surface area contributed by atoms with Gasteiger partial charge in [-0.2, -0.15) is 0 Å². The molecule has 0 aromatic carbocycles. The van der Waals surface area contributed by atoms with E-state index in [4.69, 9.17) is 10.5 Å². The standard InChI is InChI=1S/C14H23N3O3S/c1-13(2,3)20-12(18)17-8-5-14(19,6-9-17)11(15)10-4-7-16-21-10/h4,7,11,19H,5-6,8-9,15H2,1-3H3. The molecule has 1 fully saturated rings. The van der Waals surface area contributed by atoms with Gasteiger partial charge in [0.25, 0.3) is 0 Å². The van der Waals surface area contributed by atoms with Crippen molar-refractivity contribution in [2.24, 2.45) is 5.73 Å². The SMILES string of the molecule is CC(C)(C)OC(=O)N1CCC(O)(C(N)c2ccns2)CC1. The van der Waals surface area contributed by atoms with Crippen LogP contribution in [-0.2, 0) is 4.74 Å². The molecule has 2 rings (SSSR count). The van der Waals surface area contributed by atoms with Gasteiger partial charge in [0.15, 0.2) is 0 Å². The molecule has 0 spiro atoms. The smallest absolute Gasteiger partial charge is 0.410 e. The molecule has 118 valence electrons. The summed E-state index contributed by atoms with van der Waals surface area (Å²) in [5.74, 6) is 0. The summed E-state index contributed by atoms with van der Waals surface area (Å²) >= 11 is 1.30. The van der Waals surface area contributed by atoms with Crippen LogP contribution in [0.1, 0.15) is 44.5 Å². The second-order valence-corrected chi connectivity index (χ2v) is 7.33. The summed E-state index contributed by atoms with van der Waals surface area (Å²) in [6.45, 7) is 6.40. The predicted octanol–water partition coefficient (Wildman–Crippen LogP) is 1.90. The summed E-state index contributed by atoms with van der Waals surface area (Å²) in [6, 6.07) is 1.36. The minimum absolute atomic E-state index is 0.337. The molecule has 1 unspecified atom stereocenters. The fourth-order valence-corrected chi connectivity index (χ4v) is 3.06. The number of carbonyl (C=O) groups is 1. The molecule has 7 heteroatoms. The highest BCUT2D eigenvalue weighted by molar-refractivity contribution is 7.05. The third kappa shape index (κ3) is 3.93. The first-order chi connectivity index (χ1) is 9.71. The van der Waals surface area contributed by atoms with Crippen molar-refractivity contribution in [3.05, 3.63) is 17.1 Å². The van der Waals surface area contributed by atoms with E-state index in [0.717, 1.165) is 4.88 Å². The van der Waals surface area contributed by atoms with E-state index < -0.39 is 17.2 Å². The van der Waals surface area contributed by atoms with Crippen molar-refractivity contribution in [2.45, 2.75) is 50.9 Å². The zero-order valence-electron chi connectivity index (χ0n) is 12.7. The first-order valence-electron chi connectivity index (χ1n) is 7.08. The fourth-order valence-electron chi connectivity index (χ4n) is 2.36. The summed E-state index contributed by atoms with van der Waals surface area (Å²) in [5.41, 5.74) is 4.65. The molecule has 1 aromatic rings. The molecule has 3 N–H and O–H groups in total. The van der Waals surface area contributed by atoms with Gasteiger partial charge in [-0.05, 0) is 51.2 Å². The number of nitrogens with zero attached hydrogens (tertiary/aromatic N) is 2. The van der Waals surface area contributed by atoms with Gasteiger partial charge >= 0.3 is 6.09 Å². The van der Waals surface area contributed by atoms with Gasteiger partial charge in [0.2, 0.25) is 0 Å². The molecule has 21 heavy (non-hydrogen) atoms. The zero-order chi connectivity index (χ0) is 15.7. The molecule has 0 saturated carbocycles. The Hall–Kier alpha value is -1.18. The molecule has 1 amide bonds. The predicted molar refractivity (Wildman–Crippen MR) is 81.0 cm³/mol. The number of aliphatic hydroxyl groups is 1. The zero-order valence-corrected chi connectivity index (χ0v) is 13.5. The normalized spacial score (nSPS) is 20.1. The molecular weight excluding hydrogens is 290 g/mol. The van der Waals surface area contributed by atoms with Crippen molar-refractivity contribution in [1.29, 1.82) is 0 Å². The Labute approximate surface area is 129 Å². The first kappa shape index (κ1) is 16.2. The molecule has 1 atom stereocenters. The summed E-state index contributed by atoms with van der Waals surface area (Å²) in [4.78, 5) is 14.5. The molecule has 1 aliphatic heterocycles. The van der Waals surface area contributed by atoms with Crippen LogP contribution in [0.25, 0.3) is 0 Å². The van der Waals surface area contributed by atoms with E-state index in [1.54, 1.807) is 11.1 Å². The average Bonchev–Trinajstić information content (AvgIpc) is 2.90. The maximum atomic E-state index is 12.0. The lowest BCUT2D eigenvalue weighted by atomic mass is 9.84. The molecule has 0 bridgehead atoms. The number of piperidine rings is 1. The van der Waals surface area contributed by atoms with Gasteiger partial charge in [-0.25, -0.2) is 9.17 Å². The van der Waals surface area contributed by atoms with E-state index in [1.807, 2.05) is 26.8 Å². The largest absolute Gasteiger partial charge is 0.444 e. The molecule has 0 radical (unpaired) electrons. The van der Waals surface area contributed by atoms with E-state index in [2.05, 4.69) is 4.37 Å². The van der Waals surface area contributed by atoms with Crippen molar-refractivity contribution in [3.8, 4) is 0 Å². The lowest BCUT2D eigenvalue weighted by Gasteiger charge is -2.41. The van der Waals surface area contributed by atoms with Gasteiger partial charge in [0, 0.05) is 24.2 Å². The fraction of sp³-hybridized carbons (Fsp3) is 0.714. The number of hydrogen-bond donors (Lipinski definition) is 2. The highest BCUT2D eigenvalue weighted by Gasteiger charge is 2.41. The Morgan fingerprint density at radius 3 is 2.62 bits per heavy atom. The second kappa shape index (κ2) is 5.90. The number of rotatable bonds is 2. The van der Waals surface area contributed by atoms with Crippen LogP contribution >= 0.6 is 11.5 Å². The van der Waals surface area contributed by atoms with Crippen molar-refractivity contribution in [3.63, 3.8) is 0 Å². The molecule has 1 saturated heterocycles. The van der Waals surface area contributed by atoms with Gasteiger partial charge in [0.1, 0.15) is 5.60 Å². The van der Waals surface area contributed by atoms with E-state index in [1.165, 1.54) is 11.5 Å². The van der Waals surface area contributed by atoms with Crippen LogP contribution in [0.3, 0.4) is 0 Å². The number of aromatic nitrogens is 1. The van der Waals surface area contributed by atoms with Gasteiger partial charge in [-0.3, -0.25) is 0 Å². The lowest BCUT2D eigenvalue weighted by molar-refractivity contribution is -0.0470. The second-order valence-electron chi connectivity index (χ2n) is 6.46. The number of nitrogens with two attached hydrogens (primary N) is 1. The van der Waals surface area contributed by atoms with Crippen LogP contribution < -0.4 is 5.73 Å². The van der Waals surface area contributed by atoms with Crippen molar-refractivity contribution >= 4 is 17.6 Å². The average molecular weight is 313 g/mol. The van der Waals surface area contributed by atoms with Crippen molar-refractivity contribution in [1.82, 2.24) is 9.27 Å². The summed E-state index contributed by atoms with van der Waals surface area (Å²) in [5, 5.41) is 10.7. The molecule has 1 aromatic heterocycles. The van der Waals surface area contributed by atoms with Crippen LogP contribution in [0.2, 0.25) is 0 Å². The minimum atomic E-state index is -0.995. The minimum Gasteiger partial charge on any atom is -0.444 e. The van der Waals surface area contributed by atoms with Crippen LogP contribution in [0.15, 0.2) is 12.3 Å². The van der Waals surface area contributed by atoms with Crippen LogP contribution in [0.4, 0.5) is 4.79 Å². The molecule has 1 aliphatic rings. The van der Waals surface area contributed by atoms with E-state index in [9.17, 15) is 9.90 Å². The number of hydrogen-bond acceptors (Lipinski definition) is 6. The summed E-state index contributed by atoms with van der Waals surface area (Å²) in [6.07, 6.45) is 2.21. The Balaban J connectivity index is 1.95. The maximum Gasteiger partial charge on any atom is 0.410 e. The highest BCUT2D eigenvalue weighted by atomic mass is 32.1. The number of likely N-dealkylation sites (tertiary alicyclic amines) is 1.